The van der Waals surface area contributed by atoms with E-state index >= 15 is 0 Å². The number of nitriles is 1. The number of hydrogen-bond acceptors (Lipinski definition) is 4. The van der Waals surface area contributed by atoms with Crippen molar-refractivity contribution in [2.45, 2.75) is 13.0 Å². The number of nitrogens with zero attached hydrogens (tertiary/aromatic N) is 1. The average molecular weight is 361 g/mol. The Balaban J connectivity index is 1.66. The summed E-state index contributed by atoms with van der Waals surface area (Å²) in [4.78, 5) is 13.5. The van der Waals surface area contributed by atoms with E-state index in [0.717, 1.165) is 5.56 Å². The van der Waals surface area contributed by atoms with Crippen molar-refractivity contribution in [1.82, 2.24) is 5.32 Å². The van der Waals surface area contributed by atoms with E-state index in [0.29, 0.717) is 11.3 Å². The Hall–Kier alpha value is -2.94. The van der Waals surface area contributed by atoms with Gasteiger partial charge in [-0.25, -0.2) is 0 Å². The van der Waals surface area contributed by atoms with Crippen LogP contribution >= 0.6 is 11.3 Å². The monoisotopic (exact) mass is 361 g/mol. The SMILES string of the molecule is Cc1ccc([C@@H](NCC(=O)Nc2ccc(C#N)cc2)c2cccs2)cc1. The number of rotatable bonds is 6. The summed E-state index contributed by atoms with van der Waals surface area (Å²) in [5, 5.41) is 17.1. The first-order valence-electron chi connectivity index (χ1n) is 8.29. The Bertz CT molecular complexity index is 894. The zero-order valence-corrected chi connectivity index (χ0v) is 15.2. The van der Waals surface area contributed by atoms with Gasteiger partial charge in [0.2, 0.25) is 5.91 Å². The van der Waals surface area contributed by atoms with Gasteiger partial charge in [0.05, 0.1) is 24.2 Å². The molecule has 0 radical (unpaired) electrons. The fourth-order valence-electron chi connectivity index (χ4n) is 2.63. The number of anilines is 1. The Morgan fingerprint density at radius 3 is 2.46 bits per heavy atom. The first kappa shape index (κ1) is 17.9. The van der Waals surface area contributed by atoms with Gasteiger partial charge >= 0.3 is 0 Å². The van der Waals surface area contributed by atoms with Crippen LogP contribution in [0.15, 0.2) is 66.0 Å². The van der Waals surface area contributed by atoms with Crippen molar-refractivity contribution in [2.75, 3.05) is 11.9 Å². The Morgan fingerprint density at radius 1 is 1.12 bits per heavy atom. The zero-order chi connectivity index (χ0) is 18.4. The standard InChI is InChI=1S/C21H19N3OS/c1-15-4-8-17(9-5-15)21(19-3-2-12-26-19)23-14-20(25)24-18-10-6-16(13-22)7-11-18/h2-12,21,23H,14H2,1H3,(H,24,25)/t21-/m1/s1. The molecular formula is C21H19N3OS. The lowest BCUT2D eigenvalue weighted by Gasteiger charge is -2.18. The van der Waals surface area contributed by atoms with Crippen LogP contribution in [0.2, 0.25) is 0 Å². The van der Waals surface area contributed by atoms with Crippen LogP contribution in [-0.2, 0) is 4.79 Å². The third kappa shape index (κ3) is 4.57. The van der Waals surface area contributed by atoms with E-state index in [1.165, 1.54) is 10.4 Å². The topological polar surface area (TPSA) is 64.9 Å². The normalized spacial score (nSPS) is 11.5. The van der Waals surface area contributed by atoms with E-state index < -0.39 is 0 Å². The molecule has 2 aromatic carbocycles. The van der Waals surface area contributed by atoms with E-state index in [9.17, 15) is 4.79 Å². The van der Waals surface area contributed by atoms with E-state index in [1.54, 1.807) is 35.6 Å². The molecule has 3 aromatic rings. The summed E-state index contributed by atoms with van der Waals surface area (Å²) >= 11 is 1.66. The molecule has 5 heteroatoms. The molecule has 26 heavy (non-hydrogen) atoms. The summed E-state index contributed by atoms with van der Waals surface area (Å²) in [6, 6.07) is 21.3. The maximum absolute atomic E-state index is 12.3. The molecule has 0 bridgehead atoms. The molecule has 3 rings (SSSR count). The predicted octanol–water partition coefficient (Wildman–Crippen LogP) is 4.25. The summed E-state index contributed by atoms with van der Waals surface area (Å²) < 4.78 is 0. The molecule has 0 saturated carbocycles. The Labute approximate surface area is 157 Å². The second-order valence-corrected chi connectivity index (χ2v) is 6.96. The van der Waals surface area contributed by atoms with Crippen molar-refractivity contribution in [3.05, 3.63) is 87.6 Å². The average Bonchev–Trinajstić information content (AvgIpc) is 3.18. The van der Waals surface area contributed by atoms with Crippen molar-refractivity contribution < 1.29 is 4.79 Å². The van der Waals surface area contributed by atoms with Crippen LogP contribution in [0.25, 0.3) is 0 Å². The third-order valence-electron chi connectivity index (χ3n) is 4.00. The van der Waals surface area contributed by atoms with E-state index in [2.05, 4.69) is 54.0 Å². The number of aryl methyl sites for hydroxylation is 1. The smallest absolute Gasteiger partial charge is 0.238 e. The molecular weight excluding hydrogens is 342 g/mol. The lowest BCUT2D eigenvalue weighted by Crippen LogP contribution is -2.31. The van der Waals surface area contributed by atoms with Crippen LogP contribution in [0, 0.1) is 18.3 Å². The number of hydrogen-bond donors (Lipinski definition) is 2. The maximum atomic E-state index is 12.3. The number of nitrogens with one attached hydrogen (secondary N) is 2. The number of carbonyl (C=O) groups excluding carboxylic acids is 1. The van der Waals surface area contributed by atoms with Crippen molar-refractivity contribution in [3.8, 4) is 6.07 Å². The van der Waals surface area contributed by atoms with Gasteiger partial charge in [-0.15, -0.1) is 11.3 Å². The first-order valence-corrected chi connectivity index (χ1v) is 9.17. The van der Waals surface area contributed by atoms with Crippen molar-refractivity contribution in [3.63, 3.8) is 0 Å². The van der Waals surface area contributed by atoms with E-state index in [-0.39, 0.29) is 18.5 Å². The number of benzene rings is 2. The molecule has 1 atom stereocenters. The van der Waals surface area contributed by atoms with E-state index in [1.807, 2.05) is 11.4 Å². The molecule has 1 amide bonds. The molecule has 1 heterocycles. The van der Waals surface area contributed by atoms with Crippen molar-refractivity contribution in [1.29, 1.82) is 5.26 Å². The summed E-state index contributed by atoms with van der Waals surface area (Å²) in [5.74, 6) is -0.122. The maximum Gasteiger partial charge on any atom is 0.238 e. The van der Waals surface area contributed by atoms with Crippen LogP contribution in [0.4, 0.5) is 5.69 Å². The summed E-state index contributed by atoms with van der Waals surface area (Å²) in [7, 11) is 0. The van der Waals surface area contributed by atoms with Crippen LogP contribution in [0.1, 0.15) is 27.6 Å². The largest absolute Gasteiger partial charge is 0.325 e. The van der Waals surface area contributed by atoms with Gasteiger partial charge in [0.15, 0.2) is 0 Å². The van der Waals surface area contributed by atoms with Crippen molar-refractivity contribution in [2.24, 2.45) is 0 Å². The summed E-state index contributed by atoms with van der Waals surface area (Å²) in [6.07, 6.45) is 0. The molecule has 0 saturated heterocycles. The molecule has 0 aliphatic heterocycles. The fourth-order valence-corrected chi connectivity index (χ4v) is 3.45. The van der Waals surface area contributed by atoms with Crippen LogP contribution in [0.3, 0.4) is 0 Å². The van der Waals surface area contributed by atoms with Gasteiger partial charge < -0.3 is 5.32 Å². The fraction of sp³-hybridized carbons (Fsp3) is 0.143. The predicted molar refractivity (Wildman–Crippen MR) is 105 cm³/mol. The highest BCUT2D eigenvalue weighted by Crippen LogP contribution is 2.26. The number of thiophene rings is 1. The third-order valence-corrected chi connectivity index (χ3v) is 4.94. The highest BCUT2D eigenvalue weighted by Gasteiger charge is 2.16. The molecule has 0 fully saturated rings. The van der Waals surface area contributed by atoms with Gasteiger partial charge in [0, 0.05) is 10.6 Å². The van der Waals surface area contributed by atoms with Gasteiger partial charge in [0.1, 0.15) is 0 Å². The van der Waals surface area contributed by atoms with Gasteiger partial charge in [0.25, 0.3) is 0 Å². The minimum absolute atomic E-state index is 0.0256. The van der Waals surface area contributed by atoms with Crippen LogP contribution < -0.4 is 10.6 Å². The quantitative estimate of drug-likeness (QED) is 0.690. The molecule has 2 N–H and O–H groups in total. The van der Waals surface area contributed by atoms with Crippen LogP contribution in [-0.4, -0.2) is 12.5 Å². The molecule has 4 nitrogen and oxygen atoms in total. The van der Waals surface area contributed by atoms with Gasteiger partial charge in [-0.05, 0) is 48.2 Å². The zero-order valence-electron chi connectivity index (χ0n) is 14.4. The molecule has 0 aliphatic rings. The molecule has 130 valence electrons. The lowest BCUT2D eigenvalue weighted by atomic mass is 10.0. The molecule has 0 spiro atoms. The number of carbonyl (C=O) groups is 1. The van der Waals surface area contributed by atoms with Crippen molar-refractivity contribution >= 4 is 22.9 Å². The Morgan fingerprint density at radius 2 is 1.85 bits per heavy atom. The second-order valence-electron chi connectivity index (χ2n) is 5.98. The van der Waals surface area contributed by atoms with Gasteiger partial charge in [-0.2, -0.15) is 5.26 Å². The molecule has 0 aliphatic carbocycles. The lowest BCUT2D eigenvalue weighted by molar-refractivity contribution is -0.115. The first-order chi connectivity index (χ1) is 12.7. The molecule has 1 aromatic heterocycles. The minimum Gasteiger partial charge on any atom is -0.325 e. The second kappa shape index (κ2) is 8.43. The van der Waals surface area contributed by atoms with Gasteiger partial charge in [-0.1, -0.05) is 35.9 Å². The number of amides is 1. The van der Waals surface area contributed by atoms with Crippen LogP contribution in [0.5, 0.6) is 0 Å². The molecule has 0 unspecified atom stereocenters. The van der Waals surface area contributed by atoms with E-state index in [4.69, 9.17) is 5.26 Å². The highest BCUT2D eigenvalue weighted by molar-refractivity contribution is 7.10. The Kier molecular flexibility index (Phi) is 5.80. The minimum atomic E-state index is -0.122. The highest BCUT2D eigenvalue weighted by atomic mass is 32.1. The summed E-state index contributed by atoms with van der Waals surface area (Å²) in [5.41, 5.74) is 3.58. The summed E-state index contributed by atoms with van der Waals surface area (Å²) in [6.45, 7) is 2.25. The van der Waals surface area contributed by atoms with Gasteiger partial charge in [-0.3, -0.25) is 10.1 Å².